The minimum Gasteiger partial charge on any atom is -0.345 e. The monoisotopic (exact) mass is 294 g/mol. The van der Waals surface area contributed by atoms with Crippen LogP contribution in [0.2, 0.25) is 5.02 Å². The number of para-hydroxylation sites is 1. The van der Waals surface area contributed by atoms with Gasteiger partial charge < -0.3 is 5.32 Å². The van der Waals surface area contributed by atoms with Crippen molar-refractivity contribution >= 4 is 23.2 Å². The summed E-state index contributed by atoms with van der Waals surface area (Å²) in [7, 11) is 0. The average Bonchev–Trinajstić information content (AvgIpc) is 2.91. The lowest BCUT2D eigenvalue weighted by Crippen LogP contribution is -2.27. The lowest BCUT2D eigenvalue weighted by Gasteiger charge is -2.12. The fourth-order valence-electron chi connectivity index (χ4n) is 1.74. The number of rotatable bonds is 4. The predicted molar refractivity (Wildman–Crippen MR) is 72.6 cm³/mol. The number of carbonyl (C=O) groups is 1. The fraction of sp³-hybridized carbons (Fsp3) is 0.167. The average molecular weight is 295 g/mol. The maximum Gasteiger partial charge on any atom is 0.300 e. The van der Waals surface area contributed by atoms with Gasteiger partial charge >= 0.3 is 5.69 Å². The molecule has 0 aliphatic heterocycles. The van der Waals surface area contributed by atoms with Crippen molar-refractivity contribution in [3.63, 3.8) is 0 Å². The van der Waals surface area contributed by atoms with Crippen molar-refractivity contribution in [2.24, 2.45) is 0 Å². The molecule has 2 rings (SSSR count). The van der Waals surface area contributed by atoms with Gasteiger partial charge in [-0.15, -0.1) is 0 Å². The second-order valence-electron chi connectivity index (χ2n) is 4.12. The number of nitro benzene ring substituents is 1. The van der Waals surface area contributed by atoms with E-state index in [1.165, 1.54) is 18.2 Å². The normalized spacial score (nSPS) is 11.9. The Morgan fingerprint density at radius 1 is 1.55 bits per heavy atom. The number of aromatic nitrogens is 2. The molecule has 0 saturated heterocycles. The molecule has 8 heteroatoms. The summed E-state index contributed by atoms with van der Waals surface area (Å²) in [5, 5.41) is 20.0. The maximum atomic E-state index is 12.1. The van der Waals surface area contributed by atoms with Gasteiger partial charge in [-0.1, -0.05) is 17.7 Å². The van der Waals surface area contributed by atoms with Crippen LogP contribution in [-0.4, -0.2) is 21.0 Å². The number of carbonyl (C=O) groups excluding carboxylic acids is 1. The number of aromatic amines is 1. The molecule has 0 spiro atoms. The molecule has 1 aromatic carbocycles. The Hall–Kier alpha value is -2.41. The van der Waals surface area contributed by atoms with Crippen molar-refractivity contribution in [3.05, 3.63) is 56.9 Å². The molecular formula is C12H11ClN4O3. The van der Waals surface area contributed by atoms with Crippen LogP contribution in [0.4, 0.5) is 5.69 Å². The van der Waals surface area contributed by atoms with Gasteiger partial charge in [0.2, 0.25) is 0 Å². The Morgan fingerprint density at radius 2 is 2.30 bits per heavy atom. The molecule has 0 radical (unpaired) electrons. The van der Waals surface area contributed by atoms with E-state index in [9.17, 15) is 14.9 Å². The summed E-state index contributed by atoms with van der Waals surface area (Å²) in [6.45, 7) is 1.75. The first-order valence-electron chi connectivity index (χ1n) is 5.73. The van der Waals surface area contributed by atoms with Crippen LogP contribution in [0, 0.1) is 10.1 Å². The summed E-state index contributed by atoms with van der Waals surface area (Å²) in [4.78, 5) is 22.4. The van der Waals surface area contributed by atoms with Gasteiger partial charge in [-0.05, 0) is 19.1 Å². The van der Waals surface area contributed by atoms with Crippen molar-refractivity contribution in [2.75, 3.05) is 0 Å². The third-order valence-electron chi connectivity index (χ3n) is 2.78. The van der Waals surface area contributed by atoms with Gasteiger partial charge in [-0.2, -0.15) is 5.10 Å². The van der Waals surface area contributed by atoms with Gasteiger partial charge in [0.15, 0.2) is 0 Å². The van der Waals surface area contributed by atoms with E-state index in [0.717, 1.165) is 5.56 Å². The molecule has 1 amide bonds. The van der Waals surface area contributed by atoms with E-state index in [-0.39, 0.29) is 16.6 Å². The summed E-state index contributed by atoms with van der Waals surface area (Å²) in [6.07, 6.45) is 3.20. The number of H-pyrrole nitrogens is 1. The number of hydrogen-bond acceptors (Lipinski definition) is 4. The van der Waals surface area contributed by atoms with Crippen molar-refractivity contribution in [1.82, 2.24) is 15.5 Å². The van der Waals surface area contributed by atoms with Crippen LogP contribution in [0.25, 0.3) is 0 Å². The van der Waals surface area contributed by atoms with Crippen LogP contribution in [0.3, 0.4) is 0 Å². The quantitative estimate of drug-likeness (QED) is 0.668. The first kappa shape index (κ1) is 14.0. The molecule has 0 bridgehead atoms. The molecular weight excluding hydrogens is 284 g/mol. The number of amides is 1. The Labute approximate surface area is 119 Å². The molecule has 104 valence electrons. The second-order valence-corrected chi connectivity index (χ2v) is 4.53. The molecule has 7 nitrogen and oxygen atoms in total. The largest absolute Gasteiger partial charge is 0.345 e. The van der Waals surface area contributed by atoms with Gasteiger partial charge in [-0.25, -0.2) is 0 Å². The Balaban J connectivity index is 2.26. The highest BCUT2D eigenvalue weighted by Gasteiger charge is 2.24. The third-order valence-corrected chi connectivity index (χ3v) is 3.09. The second kappa shape index (κ2) is 5.70. The molecule has 0 aliphatic carbocycles. The number of nitrogens with one attached hydrogen (secondary N) is 2. The lowest BCUT2D eigenvalue weighted by molar-refractivity contribution is -0.385. The Kier molecular flexibility index (Phi) is 3.99. The zero-order valence-corrected chi connectivity index (χ0v) is 11.2. The summed E-state index contributed by atoms with van der Waals surface area (Å²) in [6, 6.07) is 3.89. The molecule has 1 heterocycles. The third kappa shape index (κ3) is 2.77. The van der Waals surface area contributed by atoms with Crippen LogP contribution >= 0.6 is 11.6 Å². The van der Waals surface area contributed by atoms with Gasteiger partial charge in [0.05, 0.1) is 17.2 Å². The number of benzene rings is 1. The van der Waals surface area contributed by atoms with Crippen LogP contribution in [0.1, 0.15) is 28.9 Å². The van der Waals surface area contributed by atoms with E-state index in [0.29, 0.717) is 0 Å². The number of nitro groups is 1. The standard InChI is InChI=1S/C12H11ClN4O3/c1-7(8-5-14-15-6-8)16-12(18)9-3-2-4-10(13)11(9)17(19)20/h2-7H,1H3,(H,14,15)(H,16,18). The van der Waals surface area contributed by atoms with E-state index in [2.05, 4.69) is 15.5 Å². The highest BCUT2D eigenvalue weighted by molar-refractivity contribution is 6.33. The molecule has 0 aliphatic rings. The minimum absolute atomic E-state index is 0.0707. The van der Waals surface area contributed by atoms with Gasteiger partial charge in [0.1, 0.15) is 10.6 Å². The Bertz CT molecular complexity index is 642. The van der Waals surface area contributed by atoms with Crippen molar-refractivity contribution in [2.45, 2.75) is 13.0 Å². The van der Waals surface area contributed by atoms with Crippen LogP contribution < -0.4 is 5.32 Å². The first-order valence-corrected chi connectivity index (χ1v) is 6.11. The lowest BCUT2D eigenvalue weighted by atomic mass is 10.1. The maximum absolute atomic E-state index is 12.1. The molecule has 20 heavy (non-hydrogen) atoms. The Morgan fingerprint density at radius 3 is 2.90 bits per heavy atom. The zero-order valence-electron chi connectivity index (χ0n) is 10.5. The molecule has 1 aromatic heterocycles. The van der Waals surface area contributed by atoms with E-state index < -0.39 is 16.5 Å². The van der Waals surface area contributed by atoms with E-state index in [1.807, 2.05) is 0 Å². The molecule has 2 aromatic rings. The predicted octanol–water partition coefficient (Wildman–Crippen LogP) is 2.46. The first-order chi connectivity index (χ1) is 9.50. The van der Waals surface area contributed by atoms with Gasteiger partial charge in [0, 0.05) is 11.8 Å². The topological polar surface area (TPSA) is 101 Å². The number of nitrogens with zero attached hydrogens (tertiary/aromatic N) is 2. The van der Waals surface area contributed by atoms with Gasteiger partial charge in [-0.3, -0.25) is 20.0 Å². The molecule has 2 N–H and O–H groups in total. The van der Waals surface area contributed by atoms with Crippen LogP contribution in [-0.2, 0) is 0 Å². The highest BCUT2D eigenvalue weighted by atomic mass is 35.5. The molecule has 0 fully saturated rings. The summed E-state index contributed by atoms with van der Waals surface area (Å²) in [5.74, 6) is -0.562. The van der Waals surface area contributed by atoms with E-state index in [4.69, 9.17) is 11.6 Å². The van der Waals surface area contributed by atoms with E-state index in [1.54, 1.807) is 19.3 Å². The van der Waals surface area contributed by atoms with Crippen molar-refractivity contribution in [3.8, 4) is 0 Å². The highest BCUT2D eigenvalue weighted by Crippen LogP contribution is 2.28. The van der Waals surface area contributed by atoms with Crippen LogP contribution in [0.15, 0.2) is 30.6 Å². The minimum atomic E-state index is -0.667. The van der Waals surface area contributed by atoms with E-state index >= 15 is 0 Å². The molecule has 1 atom stereocenters. The SMILES string of the molecule is CC(NC(=O)c1cccc(Cl)c1[N+](=O)[O-])c1cn[nH]c1. The van der Waals surface area contributed by atoms with Crippen molar-refractivity contribution in [1.29, 1.82) is 0 Å². The smallest absolute Gasteiger partial charge is 0.300 e. The molecule has 1 unspecified atom stereocenters. The number of hydrogen-bond donors (Lipinski definition) is 2. The summed E-state index contributed by atoms with van der Waals surface area (Å²) >= 11 is 5.77. The fourth-order valence-corrected chi connectivity index (χ4v) is 1.98. The molecule has 0 saturated carbocycles. The summed E-state index contributed by atoms with van der Waals surface area (Å²) < 4.78 is 0. The summed E-state index contributed by atoms with van der Waals surface area (Å²) in [5.41, 5.74) is 0.298. The number of halogens is 1. The zero-order chi connectivity index (χ0) is 14.7. The van der Waals surface area contributed by atoms with Gasteiger partial charge in [0.25, 0.3) is 5.91 Å². The van der Waals surface area contributed by atoms with Crippen molar-refractivity contribution < 1.29 is 9.72 Å². The van der Waals surface area contributed by atoms with Crippen LogP contribution in [0.5, 0.6) is 0 Å².